The zero-order valence-corrected chi connectivity index (χ0v) is 14.7. The van der Waals surface area contributed by atoms with Crippen molar-refractivity contribution in [2.24, 2.45) is 0 Å². The first-order chi connectivity index (χ1) is 11.1. The molecule has 0 bridgehead atoms. The molecule has 8 heteroatoms. The lowest BCUT2D eigenvalue weighted by Gasteiger charge is -2.19. The van der Waals surface area contributed by atoms with E-state index in [1.54, 1.807) is 34.6 Å². The average molecular weight is 341 g/mol. The van der Waals surface area contributed by atoms with Crippen molar-refractivity contribution in [2.45, 2.75) is 46.6 Å². The summed E-state index contributed by atoms with van der Waals surface area (Å²) in [6, 6.07) is 0. The number of halogens is 1. The smallest absolute Gasteiger partial charge is 0.407 e. The summed E-state index contributed by atoms with van der Waals surface area (Å²) < 4.78 is 24.0. The Labute approximate surface area is 140 Å². The van der Waals surface area contributed by atoms with Crippen LogP contribution in [0.4, 0.5) is 9.18 Å². The molecule has 0 aliphatic heterocycles. The molecule has 0 aliphatic carbocycles. The Balaban J connectivity index is 2.65. The van der Waals surface area contributed by atoms with Gasteiger partial charge in [-0.3, -0.25) is 5.10 Å². The van der Waals surface area contributed by atoms with Crippen molar-refractivity contribution in [3.05, 3.63) is 28.9 Å². The number of hydrogen-bond donors (Lipinski definition) is 2. The summed E-state index contributed by atoms with van der Waals surface area (Å²) in [5, 5.41) is 8.90. The van der Waals surface area contributed by atoms with Gasteiger partial charge in [0.25, 0.3) is 0 Å². The second kappa shape index (κ2) is 8.47. The Kier molecular flexibility index (Phi) is 6.94. The number of ether oxygens (including phenoxy) is 2. The molecule has 24 heavy (non-hydrogen) atoms. The molecule has 0 radical (unpaired) electrons. The normalized spacial score (nSPS) is 12.0. The van der Waals surface area contributed by atoms with Crippen molar-refractivity contribution in [2.75, 3.05) is 13.2 Å². The zero-order valence-electron chi connectivity index (χ0n) is 14.7. The number of rotatable bonds is 6. The highest BCUT2D eigenvalue weighted by Crippen LogP contribution is 2.17. The van der Waals surface area contributed by atoms with Crippen LogP contribution in [0.15, 0.2) is 11.9 Å². The van der Waals surface area contributed by atoms with Crippen molar-refractivity contribution in [1.82, 2.24) is 15.5 Å². The molecule has 0 saturated carbocycles. The van der Waals surface area contributed by atoms with E-state index in [-0.39, 0.29) is 25.3 Å². The molecule has 1 rings (SSSR count). The molecule has 2 N–H and O–H groups in total. The van der Waals surface area contributed by atoms with Gasteiger partial charge < -0.3 is 14.8 Å². The predicted octanol–water partition coefficient (Wildman–Crippen LogP) is 2.82. The molecule has 1 aromatic rings. The Morgan fingerprint density at radius 1 is 1.38 bits per heavy atom. The van der Waals surface area contributed by atoms with Crippen molar-refractivity contribution in [1.29, 1.82) is 0 Å². The van der Waals surface area contributed by atoms with Gasteiger partial charge in [0.05, 0.1) is 12.3 Å². The summed E-state index contributed by atoms with van der Waals surface area (Å²) >= 11 is 0. The van der Waals surface area contributed by atoms with Crippen LogP contribution < -0.4 is 5.32 Å². The van der Waals surface area contributed by atoms with Crippen molar-refractivity contribution in [3.8, 4) is 0 Å². The van der Waals surface area contributed by atoms with Gasteiger partial charge in [-0.2, -0.15) is 5.10 Å². The standard InChI is InChI=1S/C16H24FN3O4/c1-6-23-14(21)13-12(10(2)19-20-13)9-11(17)7-8-18-15(22)24-16(3,4)5/h7H,6,8-9H2,1-5H3,(H,18,22)(H,19,20)/b11-7-. The second-order valence-corrected chi connectivity index (χ2v) is 6.09. The third-order valence-electron chi connectivity index (χ3n) is 2.87. The fourth-order valence-corrected chi connectivity index (χ4v) is 1.84. The molecule has 0 fully saturated rings. The van der Waals surface area contributed by atoms with E-state index in [1.807, 2.05) is 0 Å². The fraction of sp³-hybridized carbons (Fsp3) is 0.562. The maximum atomic E-state index is 14.0. The molecule has 134 valence electrons. The number of hydrogen-bond acceptors (Lipinski definition) is 5. The predicted molar refractivity (Wildman–Crippen MR) is 86.4 cm³/mol. The highest BCUT2D eigenvalue weighted by Gasteiger charge is 2.19. The molecule has 0 spiro atoms. The number of carbonyl (C=O) groups is 2. The summed E-state index contributed by atoms with van der Waals surface area (Å²) in [5.74, 6) is -1.08. The number of aromatic amines is 1. The minimum atomic E-state index is -0.627. The van der Waals surface area contributed by atoms with Gasteiger partial charge in [-0.05, 0) is 40.7 Å². The van der Waals surface area contributed by atoms with Gasteiger partial charge in [-0.25, -0.2) is 14.0 Å². The van der Waals surface area contributed by atoms with E-state index in [0.717, 1.165) is 0 Å². The summed E-state index contributed by atoms with van der Waals surface area (Å²) in [4.78, 5) is 23.3. The van der Waals surface area contributed by atoms with Crippen LogP contribution in [0.3, 0.4) is 0 Å². The summed E-state index contributed by atoms with van der Waals surface area (Å²) in [6.45, 7) is 8.76. The lowest BCUT2D eigenvalue weighted by molar-refractivity contribution is 0.0513. The van der Waals surface area contributed by atoms with Crippen LogP contribution in [0.1, 0.15) is 49.4 Å². The van der Waals surface area contributed by atoms with Crippen LogP contribution >= 0.6 is 0 Å². The molecule has 1 heterocycles. The fourth-order valence-electron chi connectivity index (χ4n) is 1.84. The third-order valence-corrected chi connectivity index (χ3v) is 2.87. The molecule has 0 aliphatic rings. The minimum absolute atomic E-state index is 0.0214. The van der Waals surface area contributed by atoms with E-state index in [4.69, 9.17) is 9.47 Å². The number of aromatic nitrogens is 2. The number of aryl methyl sites for hydroxylation is 1. The highest BCUT2D eigenvalue weighted by atomic mass is 19.1. The lowest BCUT2D eigenvalue weighted by atomic mass is 10.1. The van der Waals surface area contributed by atoms with Gasteiger partial charge in [0.15, 0.2) is 0 Å². The number of nitrogens with zero attached hydrogens (tertiary/aromatic N) is 1. The monoisotopic (exact) mass is 341 g/mol. The van der Waals surface area contributed by atoms with E-state index in [9.17, 15) is 14.0 Å². The Morgan fingerprint density at radius 2 is 2.04 bits per heavy atom. The highest BCUT2D eigenvalue weighted by molar-refractivity contribution is 5.89. The largest absolute Gasteiger partial charge is 0.461 e. The van der Waals surface area contributed by atoms with Crippen LogP contribution in [0, 0.1) is 6.92 Å². The molecule has 0 aromatic carbocycles. The van der Waals surface area contributed by atoms with Crippen molar-refractivity contribution in [3.63, 3.8) is 0 Å². The van der Waals surface area contributed by atoms with E-state index < -0.39 is 23.5 Å². The van der Waals surface area contributed by atoms with Crippen LogP contribution in [-0.2, 0) is 15.9 Å². The average Bonchev–Trinajstić information content (AvgIpc) is 2.78. The van der Waals surface area contributed by atoms with E-state index in [1.165, 1.54) is 6.08 Å². The molecule has 0 atom stereocenters. The Bertz CT molecular complexity index is 617. The number of nitrogens with one attached hydrogen (secondary N) is 2. The van der Waals surface area contributed by atoms with Crippen LogP contribution in [0.2, 0.25) is 0 Å². The van der Waals surface area contributed by atoms with Crippen LogP contribution in [0.25, 0.3) is 0 Å². The third kappa shape index (κ3) is 6.39. The minimum Gasteiger partial charge on any atom is -0.461 e. The van der Waals surface area contributed by atoms with E-state index >= 15 is 0 Å². The number of carbonyl (C=O) groups excluding carboxylic acids is 2. The van der Waals surface area contributed by atoms with Gasteiger partial charge >= 0.3 is 12.1 Å². The van der Waals surface area contributed by atoms with E-state index in [2.05, 4.69) is 15.5 Å². The Morgan fingerprint density at radius 3 is 2.62 bits per heavy atom. The van der Waals surface area contributed by atoms with Gasteiger partial charge in [0, 0.05) is 18.5 Å². The molecule has 7 nitrogen and oxygen atoms in total. The van der Waals surface area contributed by atoms with Gasteiger partial charge in [-0.15, -0.1) is 0 Å². The van der Waals surface area contributed by atoms with Gasteiger partial charge in [0.2, 0.25) is 0 Å². The SMILES string of the molecule is CCOC(=O)c1[nH]nc(C)c1C/C(F)=C/CNC(=O)OC(C)(C)C. The quantitative estimate of drug-likeness (QED) is 0.776. The lowest BCUT2D eigenvalue weighted by Crippen LogP contribution is -2.32. The van der Waals surface area contributed by atoms with E-state index in [0.29, 0.717) is 11.3 Å². The van der Waals surface area contributed by atoms with Gasteiger partial charge in [-0.1, -0.05) is 0 Å². The molecule has 0 saturated heterocycles. The number of H-pyrrole nitrogens is 1. The number of alkyl carbamates (subject to hydrolysis) is 1. The first-order valence-corrected chi connectivity index (χ1v) is 7.66. The number of esters is 1. The topological polar surface area (TPSA) is 93.3 Å². The molecular formula is C16H24FN3O4. The molecule has 1 amide bonds. The molecule has 1 aromatic heterocycles. The first-order valence-electron chi connectivity index (χ1n) is 7.66. The van der Waals surface area contributed by atoms with Crippen molar-refractivity contribution < 1.29 is 23.5 Å². The maximum absolute atomic E-state index is 14.0. The first kappa shape index (κ1) is 19.7. The molecule has 0 unspecified atom stereocenters. The van der Waals surface area contributed by atoms with Crippen molar-refractivity contribution >= 4 is 12.1 Å². The zero-order chi connectivity index (χ0) is 18.3. The van der Waals surface area contributed by atoms with Crippen LogP contribution in [-0.4, -0.2) is 41.0 Å². The molecular weight excluding hydrogens is 317 g/mol. The summed E-state index contributed by atoms with van der Waals surface area (Å²) in [7, 11) is 0. The number of allylic oxidation sites excluding steroid dienone is 1. The summed E-state index contributed by atoms with van der Waals surface area (Å²) in [5.41, 5.74) is 0.466. The van der Waals surface area contributed by atoms with Crippen LogP contribution in [0.5, 0.6) is 0 Å². The maximum Gasteiger partial charge on any atom is 0.407 e. The number of amides is 1. The Hall–Kier alpha value is -2.38. The summed E-state index contributed by atoms with van der Waals surface area (Å²) in [6.07, 6.45) is 0.468. The second-order valence-electron chi connectivity index (χ2n) is 6.09. The van der Waals surface area contributed by atoms with Gasteiger partial charge in [0.1, 0.15) is 17.1 Å².